The second-order valence-electron chi connectivity index (χ2n) is 8.42. The number of amides is 4. The van der Waals surface area contributed by atoms with E-state index in [1.807, 2.05) is 0 Å². The molecule has 0 saturated carbocycles. The van der Waals surface area contributed by atoms with E-state index in [0.717, 1.165) is 9.80 Å². The fraction of sp³-hybridized carbons (Fsp3) is 0. The van der Waals surface area contributed by atoms with Crippen molar-refractivity contribution in [3.8, 4) is 5.75 Å². The molecule has 0 bridgehead atoms. The van der Waals surface area contributed by atoms with E-state index >= 15 is 0 Å². The molecule has 4 amide bonds. The van der Waals surface area contributed by atoms with Crippen LogP contribution in [0.5, 0.6) is 5.75 Å². The molecule has 0 fully saturated rings. The van der Waals surface area contributed by atoms with E-state index in [4.69, 9.17) is 4.74 Å². The number of carbonyl (C=O) groups is 5. The first-order valence-electron chi connectivity index (χ1n) is 11.3. The molecule has 0 aliphatic carbocycles. The Hall–Kier alpha value is -5.37. The van der Waals surface area contributed by atoms with Gasteiger partial charge in [-0.15, -0.1) is 0 Å². The summed E-state index contributed by atoms with van der Waals surface area (Å²) in [5.41, 5.74) is 1.81. The summed E-state index contributed by atoms with van der Waals surface area (Å²) in [6.07, 6.45) is 0. The summed E-state index contributed by atoms with van der Waals surface area (Å²) in [7, 11) is 0. The molecule has 0 atom stereocenters. The number of fused-ring (bicyclic) bond motifs is 2. The van der Waals surface area contributed by atoms with Crippen LogP contribution in [0.3, 0.4) is 0 Å². The summed E-state index contributed by atoms with van der Waals surface area (Å²) in [5.74, 6) is -2.49. The normalized spacial score (nSPS) is 14.2. The average molecular weight is 488 g/mol. The van der Waals surface area contributed by atoms with Crippen molar-refractivity contribution < 1.29 is 28.7 Å². The van der Waals surface area contributed by atoms with Gasteiger partial charge in [-0.2, -0.15) is 0 Å². The number of benzene rings is 4. The van der Waals surface area contributed by atoms with Gasteiger partial charge >= 0.3 is 5.97 Å². The van der Waals surface area contributed by atoms with Crippen LogP contribution in [0.25, 0.3) is 0 Å². The number of ether oxygens (including phenoxy) is 1. The van der Waals surface area contributed by atoms with Gasteiger partial charge in [0.15, 0.2) is 0 Å². The molecule has 0 unspecified atom stereocenters. The van der Waals surface area contributed by atoms with Crippen LogP contribution in [-0.2, 0) is 0 Å². The van der Waals surface area contributed by atoms with Gasteiger partial charge in [0.2, 0.25) is 0 Å². The van der Waals surface area contributed by atoms with Crippen molar-refractivity contribution in [1.82, 2.24) is 0 Å². The number of anilines is 2. The molecule has 0 radical (unpaired) electrons. The fourth-order valence-corrected chi connectivity index (χ4v) is 4.47. The molecule has 0 saturated heterocycles. The molecule has 4 aromatic carbocycles. The Morgan fingerprint density at radius 1 is 0.514 bits per heavy atom. The van der Waals surface area contributed by atoms with E-state index < -0.39 is 29.6 Å². The highest BCUT2D eigenvalue weighted by Crippen LogP contribution is 2.32. The smallest absolute Gasteiger partial charge is 0.343 e. The molecule has 6 rings (SSSR count). The minimum absolute atomic E-state index is 0.111. The van der Waals surface area contributed by atoms with Crippen molar-refractivity contribution >= 4 is 41.0 Å². The summed E-state index contributed by atoms with van der Waals surface area (Å²) in [4.78, 5) is 66.2. The first kappa shape index (κ1) is 22.1. The Labute approximate surface area is 210 Å². The highest BCUT2D eigenvalue weighted by molar-refractivity contribution is 6.35. The summed E-state index contributed by atoms with van der Waals surface area (Å²) >= 11 is 0. The molecule has 8 heteroatoms. The monoisotopic (exact) mass is 488 g/mol. The van der Waals surface area contributed by atoms with E-state index in [2.05, 4.69) is 0 Å². The second-order valence-corrected chi connectivity index (χ2v) is 8.42. The summed E-state index contributed by atoms with van der Waals surface area (Å²) in [6.45, 7) is 0. The van der Waals surface area contributed by atoms with Gasteiger partial charge in [0.1, 0.15) is 5.75 Å². The lowest BCUT2D eigenvalue weighted by Gasteiger charge is -2.16. The number of hydrogen-bond acceptors (Lipinski definition) is 6. The van der Waals surface area contributed by atoms with Gasteiger partial charge in [-0.25, -0.2) is 14.6 Å². The highest BCUT2D eigenvalue weighted by Gasteiger charge is 2.37. The van der Waals surface area contributed by atoms with Gasteiger partial charge < -0.3 is 4.74 Å². The van der Waals surface area contributed by atoms with Crippen molar-refractivity contribution in [2.24, 2.45) is 0 Å². The van der Waals surface area contributed by atoms with Crippen molar-refractivity contribution in [3.05, 3.63) is 125 Å². The summed E-state index contributed by atoms with van der Waals surface area (Å²) < 4.78 is 5.50. The Morgan fingerprint density at radius 3 is 1.43 bits per heavy atom. The van der Waals surface area contributed by atoms with Crippen LogP contribution in [-0.4, -0.2) is 29.6 Å². The maximum Gasteiger partial charge on any atom is 0.343 e. The van der Waals surface area contributed by atoms with E-state index in [1.54, 1.807) is 72.8 Å². The number of esters is 1. The third-order valence-electron chi connectivity index (χ3n) is 6.21. The molecule has 0 aromatic heterocycles. The SMILES string of the molecule is O=C(Oc1cccc(N2C(=O)c3ccccc3C2=O)c1)c1cccc(N2C(=O)c3ccccc3C2=O)c1. The molecule has 8 nitrogen and oxygen atoms in total. The highest BCUT2D eigenvalue weighted by atomic mass is 16.5. The fourth-order valence-electron chi connectivity index (χ4n) is 4.47. The predicted molar refractivity (Wildman–Crippen MR) is 133 cm³/mol. The van der Waals surface area contributed by atoms with Crippen molar-refractivity contribution in [3.63, 3.8) is 0 Å². The second kappa shape index (κ2) is 8.39. The lowest BCUT2D eigenvalue weighted by atomic mass is 10.1. The molecule has 178 valence electrons. The van der Waals surface area contributed by atoms with Crippen LogP contribution >= 0.6 is 0 Å². The minimum atomic E-state index is -0.738. The number of rotatable bonds is 4. The van der Waals surface area contributed by atoms with Gasteiger partial charge in [0.05, 0.1) is 39.2 Å². The zero-order valence-corrected chi connectivity index (χ0v) is 19.1. The predicted octanol–water partition coefficient (Wildman–Crippen LogP) is 4.51. The Balaban J connectivity index is 1.24. The average Bonchev–Trinajstić information content (AvgIpc) is 3.33. The van der Waals surface area contributed by atoms with Crippen LogP contribution in [0.4, 0.5) is 11.4 Å². The molecule has 2 heterocycles. The molecule has 4 aromatic rings. The van der Waals surface area contributed by atoms with Crippen LogP contribution < -0.4 is 14.5 Å². The zero-order valence-electron chi connectivity index (χ0n) is 19.1. The molecule has 2 aliphatic heterocycles. The largest absolute Gasteiger partial charge is 0.423 e. The number of imide groups is 2. The topological polar surface area (TPSA) is 101 Å². The molecule has 37 heavy (non-hydrogen) atoms. The van der Waals surface area contributed by atoms with E-state index in [1.165, 1.54) is 24.3 Å². The third kappa shape index (κ3) is 3.51. The summed E-state index contributed by atoms with van der Waals surface area (Å²) in [6, 6.07) is 25.1. The molecular formula is C29H16N2O6. The molecule has 2 aliphatic rings. The van der Waals surface area contributed by atoms with Gasteiger partial charge in [-0.3, -0.25) is 19.2 Å². The van der Waals surface area contributed by atoms with Crippen LogP contribution in [0.2, 0.25) is 0 Å². The van der Waals surface area contributed by atoms with E-state index in [-0.39, 0.29) is 22.7 Å². The molecular weight excluding hydrogens is 472 g/mol. The van der Waals surface area contributed by atoms with Crippen molar-refractivity contribution in [2.45, 2.75) is 0 Å². The van der Waals surface area contributed by atoms with Gasteiger partial charge in [-0.05, 0) is 54.6 Å². The third-order valence-corrected chi connectivity index (χ3v) is 6.21. The van der Waals surface area contributed by atoms with Crippen LogP contribution in [0, 0.1) is 0 Å². The quantitative estimate of drug-likeness (QED) is 0.238. The van der Waals surface area contributed by atoms with Gasteiger partial charge in [0, 0.05) is 6.07 Å². The summed E-state index contributed by atoms with van der Waals surface area (Å²) in [5, 5.41) is 0. The number of hydrogen-bond donors (Lipinski definition) is 0. The Morgan fingerprint density at radius 2 is 0.946 bits per heavy atom. The molecule has 0 N–H and O–H groups in total. The zero-order chi connectivity index (χ0) is 25.7. The minimum Gasteiger partial charge on any atom is -0.423 e. The van der Waals surface area contributed by atoms with E-state index in [9.17, 15) is 24.0 Å². The van der Waals surface area contributed by atoms with Gasteiger partial charge in [0.25, 0.3) is 23.6 Å². The van der Waals surface area contributed by atoms with Crippen LogP contribution in [0.1, 0.15) is 51.8 Å². The van der Waals surface area contributed by atoms with Crippen molar-refractivity contribution in [1.29, 1.82) is 0 Å². The first-order valence-corrected chi connectivity index (χ1v) is 11.3. The lowest BCUT2D eigenvalue weighted by molar-refractivity contribution is 0.0733. The first-order chi connectivity index (χ1) is 17.9. The van der Waals surface area contributed by atoms with Gasteiger partial charge in [-0.1, -0.05) is 36.4 Å². The number of nitrogens with zero attached hydrogens (tertiary/aromatic N) is 2. The van der Waals surface area contributed by atoms with Crippen LogP contribution in [0.15, 0.2) is 97.1 Å². The van der Waals surface area contributed by atoms with E-state index in [0.29, 0.717) is 22.3 Å². The number of carbonyl (C=O) groups excluding carboxylic acids is 5. The standard InChI is InChI=1S/C29H16N2O6/c32-25-21-11-1-2-12-22(21)26(33)30(25)18-8-5-7-17(15-18)29(36)37-20-10-6-9-19(16-20)31-27(34)23-13-3-4-14-24(23)28(31)35/h1-16H. The Kier molecular flexibility index (Phi) is 5.01. The lowest BCUT2D eigenvalue weighted by Crippen LogP contribution is -2.29. The molecule has 0 spiro atoms. The Bertz CT molecular complexity index is 1600. The maximum atomic E-state index is 12.9. The maximum absolute atomic E-state index is 12.9. The van der Waals surface area contributed by atoms with Crippen molar-refractivity contribution in [2.75, 3.05) is 9.80 Å².